The van der Waals surface area contributed by atoms with Crippen molar-refractivity contribution in [1.29, 1.82) is 0 Å². The number of likely N-dealkylation sites (tertiary alicyclic amines) is 1. The Kier molecular flexibility index (Phi) is 8.85. The molecule has 5 rings (SSSR count). The Morgan fingerprint density at radius 3 is 2.77 bits per heavy atom. The number of carbonyl (C=O) groups is 2. The number of piperidine rings is 1. The number of carbonyl (C=O) groups excluding carboxylic acids is 1. The lowest BCUT2D eigenvalue weighted by atomic mass is 9.87. The average molecular weight is 540 g/mol. The maximum atomic E-state index is 12.5. The number of ether oxygens (including phenoxy) is 4. The van der Waals surface area contributed by atoms with E-state index in [0.717, 1.165) is 48.5 Å². The van der Waals surface area contributed by atoms with Gasteiger partial charge >= 0.3 is 6.09 Å². The molecular formula is C29H37N3O7. The summed E-state index contributed by atoms with van der Waals surface area (Å²) in [5, 5.41) is 12.9. The monoisotopic (exact) mass is 539 g/mol. The Labute approximate surface area is 228 Å². The van der Waals surface area contributed by atoms with Crippen LogP contribution in [0.3, 0.4) is 0 Å². The third kappa shape index (κ3) is 6.63. The highest BCUT2D eigenvalue weighted by Crippen LogP contribution is 2.35. The molecule has 0 radical (unpaired) electrons. The molecule has 3 aliphatic heterocycles. The van der Waals surface area contributed by atoms with Crippen molar-refractivity contribution in [2.45, 2.75) is 44.0 Å². The lowest BCUT2D eigenvalue weighted by molar-refractivity contribution is -0.121. The first-order valence-corrected chi connectivity index (χ1v) is 13.6. The molecule has 10 heteroatoms. The summed E-state index contributed by atoms with van der Waals surface area (Å²) in [6, 6.07) is 13.8. The number of methoxy groups -OCH3 is 1. The molecule has 0 bridgehead atoms. The van der Waals surface area contributed by atoms with Crippen molar-refractivity contribution < 1.29 is 33.6 Å². The number of nitrogens with one attached hydrogen (secondary N) is 1. The van der Waals surface area contributed by atoms with Crippen molar-refractivity contribution in [3.05, 3.63) is 53.6 Å². The van der Waals surface area contributed by atoms with Gasteiger partial charge in [0, 0.05) is 39.3 Å². The molecule has 3 heterocycles. The van der Waals surface area contributed by atoms with Gasteiger partial charge < -0.3 is 39.2 Å². The predicted molar refractivity (Wildman–Crippen MR) is 145 cm³/mol. The van der Waals surface area contributed by atoms with Crippen LogP contribution in [0.15, 0.2) is 42.5 Å². The summed E-state index contributed by atoms with van der Waals surface area (Å²) in [5.74, 6) is 1.47. The zero-order chi connectivity index (χ0) is 27.2. The number of hydrogen-bond acceptors (Lipinski definition) is 7. The Hall–Kier alpha value is -3.34. The van der Waals surface area contributed by atoms with Gasteiger partial charge in [-0.15, -0.1) is 0 Å². The average Bonchev–Trinajstić information content (AvgIpc) is 3.46. The van der Waals surface area contributed by atoms with Gasteiger partial charge in [0.2, 0.25) is 0 Å². The van der Waals surface area contributed by atoms with Crippen LogP contribution in [0, 0.1) is 0 Å². The Morgan fingerprint density at radius 1 is 1.18 bits per heavy atom. The third-order valence-corrected chi connectivity index (χ3v) is 7.62. The van der Waals surface area contributed by atoms with Crippen LogP contribution in [0.5, 0.6) is 11.5 Å². The van der Waals surface area contributed by atoms with Gasteiger partial charge in [-0.05, 0) is 61.2 Å². The Bertz CT molecular complexity index is 1140. The minimum Gasteiger partial charge on any atom is -0.489 e. The van der Waals surface area contributed by atoms with Crippen LogP contribution >= 0.6 is 0 Å². The smallest absolute Gasteiger partial charge is 0.407 e. The predicted octanol–water partition coefficient (Wildman–Crippen LogP) is 3.24. The molecule has 10 nitrogen and oxygen atoms in total. The largest absolute Gasteiger partial charge is 0.489 e. The zero-order valence-corrected chi connectivity index (χ0v) is 22.3. The van der Waals surface area contributed by atoms with Crippen LogP contribution in [0.1, 0.15) is 36.3 Å². The molecule has 2 fully saturated rings. The topological polar surface area (TPSA) is 110 Å². The summed E-state index contributed by atoms with van der Waals surface area (Å²) < 4.78 is 23.3. The summed E-state index contributed by atoms with van der Waals surface area (Å²) >= 11 is 0. The van der Waals surface area contributed by atoms with Gasteiger partial charge in [0.05, 0.1) is 24.9 Å². The molecule has 3 atom stereocenters. The molecule has 3 aliphatic rings. The van der Waals surface area contributed by atoms with E-state index in [2.05, 4.69) is 17.4 Å². The maximum absolute atomic E-state index is 12.5. The summed E-state index contributed by atoms with van der Waals surface area (Å²) in [5.41, 5.74) is 2.73. The first kappa shape index (κ1) is 27.2. The maximum Gasteiger partial charge on any atom is 0.407 e. The fourth-order valence-electron chi connectivity index (χ4n) is 5.51. The van der Waals surface area contributed by atoms with Crippen molar-refractivity contribution in [2.24, 2.45) is 0 Å². The fourth-order valence-corrected chi connectivity index (χ4v) is 5.51. The van der Waals surface area contributed by atoms with Crippen LogP contribution in [-0.2, 0) is 20.9 Å². The molecule has 2 unspecified atom stereocenters. The van der Waals surface area contributed by atoms with Gasteiger partial charge in [0.1, 0.15) is 17.6 Å². The Morgan fingerprint density at radius 2 is 2.03 bits per heavy atom. The van der Waals surface area contributed by atoms with Crippen LogP contribution in [0.4, 0.5) is 10.5 Å². The van der Waals surface area contributed by atoms with Gasteiger partial charge in [-0.2, -0.15) is 0 Å². The van der Waals surface area contributed by atoms with Crippen molar-refractivity contribution in [1.82, 2.24) is 10.2 Å². The van der Waals surface area contributed by atoms with E-state index in [1.807, 2.05) is 30.3 Å². The summed E-state index contributed by atoms with van der Waals surface area (Å²) in [4.78, 5) is 27.5. The number of hydrogen-bond donors (Lipinski definition) is 2. The lowest BCUT2D eigenvalue weighted by Crippen LogP contribution is -2.46. The van der Waals surface area contributed by atoms with Crippen LogP contribution < -0.4 is 19.7 Å². The van der Waals surface area contributed by atoms with E-state index in [9.17, 15) is 14.7 Å². The second-order valence-corrected chi connectivity index (χ2v) is 10.3. The Balaban J connectivity index is 1.28. The number of anilines is 1. The zero-order valence-electron chi connectivity index (χ0n) is 22.3. The van der Waals surface area contributed by atoms with E-state index in [1.165, 1.54) is 4.90 Å². The van der Waals surface area contributed by atoms with Gasteiger partial charge in [-0.3, -0.25) is 4.79 Å². The first-order valence-electron chi connectivity index (χ1n) is 13.6. The quantitative estimate of drug-likeness (QED) is 0.443. The highest BCUT2D eigenvalue weighted by Gasteiger charge is 2.34. The molecule has 2 aromatic rings. The molecule has 2 saturated heterocycles. The molecule has 39 heavy (non-hydrogen) atoms. The highest BCUT2D eigenvalue weighted by molar-refractivity contribution is 5.97. The molecule has 2 aromatic carbocycles. The van der Waals surface area contributed by atoms with E-state index in [1.54, 1.807) is 12.0 Å². The molecule has 0 aromatic heterocycles. The van der Waals surface area contributed by atoms with Gasteiger partial charge in [0.25, 0.3) is 5.91 Å². The molecule has 210 valence electrons. The van der Waals surface area contributed by atoms with E-state index >= 15 is 0 Å². The molecule has 2 N–H and O–H groups in total. The van der Waals surface area contributed by atoms with Crippen LogP contribution in [0.25, 0.3) is 0 Å². The van der Waals surface area contributed by atoms with Crippen molar-refractivity contribution >= 4 is 17.7 Å². The first-order chi connectivity index (χ1) is 19.0. The van der Waals surface area contributed by atoms with E-state index in [0.29, 0.717) is 38.4 Å². The van der Waals surface area contributed by atoms with Crippen LogP contribution in [-0.4, -0.2) is 87.3 Å². The van der Waals surface area contributed by atoms with Gasteiger partial charge in [-0.25, -0.2) is 4.79 Å². The minimum absolute atomic E-state index is 0.0198. The van der Waals surface area contributed by atoms with Crippen molar-refractivity contribution in [2.75, 3.05) is 57.9 Å². The summed E-state index contributed by atoms with van der Waals surface area (Å²) in [6.07, 6.45) is 1.33. The standard InChI is InChI=1S/C29H37N3O7/c1-36-14-2-12-32-25-15-20(3-8-26(25)38-19-28(32)33)18-37-27-17-31(29(34)35)13-10-24(27)21-4-6-22(7-5-21)39-23-9-11-30-16-23/h3-8,15,23-24,27,30H,2,9-14,16-19H2,1H3,(H,34,35)/t23-,24?,27?/m0/s1. The molecule has 0 aliphatic carbocycles. The number of nitrogens with zero attached hydrogens (tertiary/aromatic N) is 2. The number of fused-ring (bicyclic) bond motifs is 1. The second kappa shape index (κ2) is 12.7. The van der Waals surface area contributed by atoms with Crippen LogP contribution in [0.2, 0.25) is 0 Å². The lowest BCUT2D eigenvalue weighted by Gasteiger charge is -2.37. The van der Waals surface area contributed by atoms with E-state index in [-0.39, 0.29) is 37.2 Å². The number of rotatable bonds is 10. The highest BCUT2D eigenvalue weighted by atomic mass is 16.5. The van der Waals surface area contributed by atoms with Gasteiger partial charge in [0.15, 0.2) is 6.61 Å². The van der Waals surface area contributed by atoms with E-state index in [4.69, 9.17) is 18.9 Å². The van der Waals surface area contributed by atoms with E-state index < -0.39 is 6.09 Å². The number of benzene rings is 2. The summed E-state index contributed by atoms with van der Waals surface area (Å²) in [7, 11) is 1.64. The van der Waals surface area contributed by atoms with Gasteiger partial charge in [-0.1, -0.05) is 18.2 Å². The molecule has 2 amide bonds. The second-order valence-electron chi connectivity index (χ2n) is 10.3. The number of carboxylic acid groups (broad SMARTS) is 1. The van der Waals surface area contributed by atoms with Crippen molar-refractivity contribution in [3.63, 3.8) is 0 Å². The molecule has 0 spiro atoms. The normalized spacial score (nSPS) is 22.9. The SMILES string of the molecule is COCCCN1C(=O)COc2ccc(COC3CN(C(=O)O)CCC3c3ccc(O[C@H]4CCNC4)cc3)cc21. The number of amides is 2. The molecule has 0 saturated carbocycles. The fraction of sp³-hybridized carbons (Fsp3) is 0.517. The third-order valence-electron chi connectivity index (χ3n) is 7.62. The molecular weight excluding hydrogens is 502 g/mol. The van der Waals surface area contributed by atoms with Crippen molar-refractivity contribution in [3.8, 4) is 11.5 Å². The minimum atomic E-state index is -0.938. The summed E-state index contributed by atoms with van der Waals surface area (Å²) in [6.45, 7) is 4.01.